The predicted octanol–water partition coefficient (Wildman–Crippen LogP) is 3.57. The van der Waals surface area contributed by atoms with Crippen molar-refractivity contribution in [3.63, 3.8) is 0 Å². The summed E-state index contributed by atoms with van der Waals surface area (Å²) >= 11 is 0. The Morgan fingerprint density at radius 1 is 1.21 bits per heavy atom. The zero-order valence-electron chi connectivity index (χ0n) is 14.2. The van der Waals surface area contributed by atoms with Gasteiger partial charge in [0.1, 0.15) is 0 Å². The second-order valence-corrected chi connectivity index (χ2v) is 5.68. The van der Waals surface area contributed by atoms with Gasteiger partial charge in [-0.1, -0.05) is 41.0 Å². The van der Waals surface area contributed by atoms with Gasteiger partial charge in [-0.25, -0.2) is 0 Å². The number of carbonyl (C=O) groups is 2. The Kier molecular flexibility index (Phi) is 17.6. The van der Waals surface area contributed by atoms with Gasteiger partial charge in [-0.05, 0) is 19.5 Å². The first-order valence-electron chi connectivity index (χ1n) is 8.01. The van der Waals surface area contributed by atoms with E-state index < -0.39 is 17.9 Å². The molecule has 0 heterocycles. The van der Waals surface area contributed by atoms with E-state index >= 15 is 0 Å². The molecule has 1 aliphatic carbocycles. The zero-order valence-corrected chi connectivity index (χ0v) is 16.5. The number of carboxylic acids is 2. The summed E-state index contributed by atoms with van der Waals surface area (Å²) in [5.74, 6) is -2.47. The fraction of sp³-hybridized carbons (Fsp3) is 0.824. The van der Waals surface area contributed by atoms with Gasteiger partial charge in [0.2, 0.25) is 0 Å². The van der Waals surface area contributed by atoms with Crippen molar-refractivity contribution in [2.24, 2.45) is 11.8 Å². The van der Waals surface area contributed by atoms with Gasteiger partial charge < -0.3 is 27.8 Å². The first-order valence-corrected chi connectivity index (χ1v) is 8.01. The molecule has 0 radical (unpaired) electrons. The third-order valence-corrected chi connectivity index (χ3v) is 4.29. The van der Waals surface area contributed by atoms with E-state index in [-0.39, 0.29) is 47.0 Å². The molecule has 4 unspecified atom stereocenters. The molecule has 3 N–H and O–H groups in total. The Hall–Kier alpha value is -0.452. The Morgan fingerprint density at radius 3 is 1.83 bits per heavy atom. The summed E-state index contributed by atoms with van der Waals surface area (Å²) in [6, 6.07) is -0.0337. The molecule has 1 saturated carbocycles. The van der Waals surface area contributed by atoms with Crippen molar-refractivity contribution >= 4 is 11.9 Å². The first kappa shape index (κ1) is 28.4. The molecule has 24 heavy (non-hydrogen) atoms. The smallest absolute Gasteiger partial charge is 0.677 e. The standard InChI is InChI=1S/C11H21NO4.C5H9N.CH4.Pt/c1-4-9(12(5-2)6-3)8(11(15)16)7-10(13)14;1-4-2-3-5(4)6;;/h8-9H,4-7H2,1-3H3,(H,13,14)(H,15,16);4-6H,1-3H2;1H4;/q;-2;;+2. The molecule has 0 aromatic heterocycles. The third kappa shape index (κ3) is 9.75. The van der Waals surface area contributed by atoms with E-state index in [0.717, 1.165) is 19.5 Å². The van der Waals surface area contributed by atoms with Crippen molar-refractivity contribution in [2.45, 2.75) is 66.0 Å². The largest absolute Gasteiger partial charge is 2.00 e. The van der Waals surface area contributed by atoms with Crippen LogP contribution in [0.4, 0.5) is 0 Å². The maximum Gasteiger partial charge on any atom is 2.00 e. The maximum absolute atomic E-state index is 11.1. The molecule has 1 aliphatic rings. The van der Waals surface area contributed by atoms with Crippen LogP contribution in [0.25, 0.3) is 5.73 Å². The van der Waals surface area contributed by atoms with Crippen LogP contribution in [-0.4, -0.2) is 52.2 Å². The summed E-state index contributed by atoms with van der Waals surface area (Å²) in [5, 5.41) is 17.8. The van der Waals surface area contributed by atoms with Crippen LogP contribution in [0.1, 0.15) is 53.9 Å². The molecule has 4 atom stereocenters. The molecule has 0 aromatic rings. The molecule has 0 saturated heterocycles. The van der Waals surface area contributed by atoms with Crippen molar-refractivity contribution in [2.75, 3.05) is 13.1 Å². The SMILES string of the molecule is C.CCC(C(CC(=O)O)C(=O)O)N(CC)CC.[CH2-]C1CCC1[NH-].[Pt+2]. The summed E-state index contributed by atoms with van der Waals surface area (Å²) in [6.07, 6.45) is 2.58. The summed E-state index contributed by atoms with van der Waals surface area (Å²) in [5.41, 5.74) is 7.06. The van der Waals surface area contributed by atoms with Gasteiger partial charge in [0.15, 0.2) is 0 Å². The molecule has 0 aromatic carbocycles. The Morgan fingerprint density at radius 2 is 1.67 bits per heavy atom. The number of nitrogens with one attached hydrogen (secondary N) is 1. The van der Waals surface area contributed by atoms with Gasteiger partial charge >= 0.3 is 33.0 Å². The molecule has 7 heteroatoms. The molecule has 1 rings (SSSR count). The van der Waals surface area contributed by atoms with Crippen LogP contribution in [0, 0.1) is 18.8 Å². The number of hydrogen-bond donors (Lipinski definition) is 2. The van der Waals surface area contributed by atoms with Gasteiger partial charge in [-0.3, -0.25) is 9.59 Å². The topological polar surface area (TPSA) is 102 Å². The number of rotatable bonds is 8. The molecule has 0 bridgehead atoms. The van der Waals surface area contributed by atoms with Crippen molar-refractivity contribution < 1.29 is 40.9 Å². The first-order chi connectivity index (χ1) is 10.3. The molecule has 0 spiro atoms. The molecule has 146 valence electrons. The number of nitrogens with zero attached hydrogens (tertiary/aromatic N) is 1. The Bertz CT molecular complexity index is 343. The second-order valence-electron chi connectivity index (χ2n) is 5.68. The van der Waals surface area contributed by atoms with E-state index in [1.54, 1.807) is 0 Å². The van der Waals surface area contributed by atoms with E-state index in [2.05, 4.69) is 6.92 Å². The van der Waals surface area contributed by atoms with Crippen LogP contribution in [0.5, 0.6) is 0 Å². The van der Waals surface area contributed by atoms with Gasteiger partial charge in [-0.2, -0.15) is 12.0 Å². The van der Waals surface area contributed by atoms with Gasteiger partial charge in [-0.15, -0.1) is 0 Å². The number of carboxylic acid groups (broad SMARTS) is 2. The minimum Gasteiger partial charge on any atom is -0.677 e. The maximum atomic E-state index is 11.1. The fourth-order valence-corrected chi connectivity index (χ4v) is 2.63. The van der Waals surface area contributed by atoms with Crippen LogP contribution in [0.15, 0.2) is 0 Å². The van der Waals surface area contributed by atoms with Crippen molar-refractivity contribution in [1.29, 1.82) is 0 Å². The van der Waals surface area contributed by atoms with Gasteiger partial charge in [0, 0.05) is 6.04 Å². The van der Waals surface area contributed by atoms with E-state index in [0.29, 0.717) is 12.3 Å². The van der Waals surface area contributed by atoms with E-state index in [4.69, 9.17) is 15.9 Å². The molecule has 0 aliphatic heterocycles. The summed E-state index contributed by atoms with van der Waals surface area (Å²) in [7, 11) is 0. The predicted molar refractivity (Wildman–Crippen MR) is 93.3 cm³/mol. The van der Waals surface area contributed by atoms with Crippen molar-refractivity contribution in [3.05, 3.63) is 12.7 Å². The molecule has 6 nitrogen and oxygen atoms in total. The van der Waals surface area contributed by atoms with Crippen molar-refractivity contribution in [3.8, 4) is 0 Å². The Balaban J connectivity index is -0.000000464. The van der Waals surface area contributed by atoms with Crippen LogP contribution in [0.2, 0.25) is 0 Å². The minimum atomic E-state index is -1.06. The quantitative estimate of drug-likeness (QED) is 0.472. The average molecular weight is 526 g/mol. The number of aliphatic carboxylic acids is 2. The normalized spacial score (nSPS) is 21.1. The van der Waals surface area contributed by atoms with Gasteiger partial charge in [0.25, 0.3) is 0 Å². The molecular weight excluding hydrogens is 491 g/mol. The summed E-state index contributed by atoms with van der Waals surface area (Å²) in [6.45, 7) is 11.0. The van der Waals surface area contributed by atoms with Crippen LogP contribution in [-0.2, 0) is 30.7 Å². The zero-order chi connectivity index (χ0) is 17.3. The molecule has 1 fully saturated rings. The number of hydrogen-bond acceptors (Lipinski definition) is 3. The monoisotopic (exact) mass is 525 g/mol. The van der Waals surface area contributed by atoms with Crippen molar-refractivity contribution in [1.82, 2.24) is 4.90 Å². The van der Waals surface area contributed by atoms with Crippen LogP contribution < -0.4 is 0 Å². The molecule has 0 amide bonds. The summed E-state index contributed by atoms with van der Waals surface area (Å²) in [4.78, 5) is 23.7. The third-order valence-electron chi connectivity index (χ3n) is 4.29. The summed E-state index contributed by atoms with van der Waals surface area (Å²) < 4.78 is 0. The minimum absolute atomic E-state index is 0. The fourth-order valence-electron chi connectivity index (χ4n) is 2.63. The van der Waals surface area contributed by atoms with E-state index in [9.17, 15) is 9.59 Å². The van der Waals surface area contributed by atoms with Crippen LogP contribution >= 0.6 is 0 Å². The molecular formula is C17H34N2O4Pt. The van der Waals surface area contributed by atoms with Gasteiger partial charge in [0.05, 0.1) is 12.3 Å². The van der Waals surface area contributed by atoms with E-state index in [1.807, 2.05) is 25.7 Å². The van der Waals surface area contributed by atoms with E-state index in [1.165, 1.54) is 6.42 Å². The average Bonchev–Trinajstić information content (AvgIpc) is 2.48. The Labute approximate surface area is 161 Å². The van der Waals surface area contributed by atoms with Crippen LogP contribution in [0.3, 0.4) is 0 Å². The second kappa shape index (κ2) is 14.9.